The second kappa shape index (κ2) is 7.11. The zero-order valence-electron chi connectivity index (χ0n) is 14.7. The topological polar surface area (TPSA) is 23.6 Å². The van der Waals surface area contributed by atoms with Crippen LogP contribution in [0, 0.1) is 0 Å². The molecule has 130 valence electrons. The maximum absolute atomic E-state index is 12.9. The molecule has 1 spiro atoms. The highest BCUT2D eigenvalue weighted by Gasteiger charge is 2.49. The van der Waals surface area contributed by atoms with E-state index in [1.807, 2.05) is 0 Å². The Kier molecular flexibility index (Phi) is 4.69. The Labute approximate surface area is 150 Å². The number of nitrogens with zero attached hydrogens (tertiary/aromatic N) is 2. The number of piperazine rings is 1. The molecule has 1 saturated carbocycles. The van der Waals surface area contributed by atoms with Gasteiger partial charge in [-0.05, 0) is 24.0 Å². The number of carbonyl (C=O) groups excluding carboxylic acids is 1. The summed E-state index contributed by atoms with van der Waals surface area (Å²) in [7, 11) is 0. The van der Waals surface area contributed by atoms with Crippen LogP contribution in [0.3, 0.4) is 0 Å². The van der Waals surface area contributed by atoms with E-state index in [1.54, 1.807) is 0 Å². The van der Waals surface area contributed by atoms with Crippen LogP contribution < -0.4 is 0 Å². The smallest absolute Gasteiger partial charge is 0.154 e. The average Bonchev–Trinajstić information content (AvgIpc) is 3.00. The van der Waals surface area contributed by atoms with Gasteiger partial charge in [0.2, 0.25) is 0 Å². The molecule has 0 N–H and O–H groups in total. The average molecular weight is 334 g/mol. The second-order valence-corrected chi connectivity index (χ2v) is 7.41. The van der Waals surface area contributed by atoms with Crippen molar-refractivity contribution < 1.29 is 4.79 Å². The quantitative estimate of drug-likeness (QED) is 0.855. The summed E-state index contributed by atoms with van der Waals surface area (Å²) in [6.07, 6.45) is 2.78. The molecule has 1 aliphatic carbocycles. The standard InChI is InChI=1S/C22H26N2O/c25-21-12-7-13-22(21)18-23(16-19-8-3-1-4-9-19)14-15-24(22)17-20-10-5-2-6-11-20/h1-6,8-11H,7,12-18H2. The molecule has 1 aliphatic heterocycles. The van der Waals surface area contributed by atoms with E-state index in [9.17, 15) is 4.79 Å². The van der Waals surface area contributed by atoms with Crippen LogP contribution in [0.5, 0.6) is 0 Å². The predicted molar refractivity (Wildman–Crippen MR) is 100 cm³/mol. The van der Waals surface area contributed by atoms with Gasteiger partial charge in [0, 0.05) is 39.1 Å². The van der Waals surface area contributed by atoms with Gasteiger partial charge >= 0.3 is 0 Å². The molecule has 4 rings (SSSR count). The highest BCUT2D eigenvalue weighted by Crippen LogP contribution is 2.36. The van der Waals surface area contributed by atoms with Crippen molar-refractivity contribution in [2.75, 3.05) is 19.6 Å². The molecule has 0 bridgehead atoms. The van der Waals surface area contributed by atoms with Crippen molar-refractivity contribution in [3.63, 3.8) is 0 Å². The van der Waals surface area contributed by atoms with Gasteiger partial charge in [-0.1, -0.05) is 60.7 Å². The summed E-state index contributed by atoms with van der Waals surface area (Å²) in [5.74, 6) is 0.446. The van der Waals surface area contributed by atoms with Crippen LogP contribution in [0.4, 0.5) is 0 Å². The molecule has 0 radical (unpaired) electrons. The van der Waals surface area contributed by atoms with Gasteiger partial charge in [-0.15, -0.1) is 0 Å². The summed E-state index contributed by atoms with van der Waals surface area (Å²) in [6.45, 7) is 4.68. The normalized spacial score (nSPS) is 24.9. The number of Topliss-reactive ketones (excluding diaryl/α,β-unsaturated/α-hetero) is 1. The molecule has 0 amide bonds. The molecule has 3 nitrogen and oxygen atoms in total. The summed E-state index contributed by atoms with van der Waals surface area (Å²) in [4.78, 5) is 17.8. The van der Waals surface area contributed by atoms with Crippen LogP contribution in [0.25, 0.3) is 0 Å². The van der Waals surface area contributed by atoms with E-state index in [0.29, 0.717) is 5.78 Å². The third-order valence-electron chi connectivity index (χ3n) is 5.76. The molecule has 25 heavy (non-hydrogen) atoms. The van der Waals surface area contributed by atoms with E-state index in [4.69, 9.17) is 0 Å². The highest BCUT2D eigenvalue weighted by molar-refractivity contribution is 5.90. The fourth-order valence-electron chi connectivity index (χ4n) is 4.45. The van der Waals surface area contributed by atoms with Gasteiger partial charge < -0.3 is 0 Å². The van der Waals surface area contributed by atoms with Crippen LogP contribution in [0.15, 0.2) is 60.7 Å². The number of benzene rings is 2. The third kappa shape index (κ3) is 3.39. The minimum absolute atomic E-state index is 0.275. The molecule has 2 aliphatic rings. The number of ketones is 1. The fourth-order valence-corrected chi connectivity index (χ4v) is 4.45. The van der Waals surface area contributed by atoms with Crippen LogP contribution in [-0.2, 0) is 17.9 Å². The highest BCUT2D eigenvalue weighted by atomic mass is 16.1. The number of hydrogen-bond donors (Lipinski definition) is 0. The molecule has 1 saturated heterocycles. The maximum atomic E-state index is 12.9. The minimum atomic E-state index is -0.275. The van der Waals surface area contributed by atoms with Crippen molar-refractivity contribution in [3.8, 4) is 0 Å². The van der Waals surface area contributed by atoms with Crippen molar-refractivity contribution in [3.05, 3.63) is 71.8 Å². The van der Waals surface area contributed by atoms with Crippen LogP contribution >= 0.6 is 0 Å². The number of rotatable bonds is 4. The van der Waals surface area contributed by atoms with Gasteiger partial charge in [0.1, 0.15) is 0 Å². The van der Waals surface area contributed by atoms with Crippen LogP contribution in [-0.4, -0.2) is 40.8 Å². The van der Waals surface area contributed by atoms with Gasteiger partial charge in [-0.25, -0.2) is 0 Å². The van der Waals surface area contributed by atoms with Gasteiger partial charge in [-0.3, -0.25) is 14.6 Å². The Bertz CT molecular complexity index is 715. The monoisotopic (exact) mass is 334 g/mol. The van der Waals surface area contributed by atoms with E-state index in [0.717, 1.165) is 52.0 Å². The first-order valence-corrected chi connectivity index (χ1v) is 9.35. The number of carbonyl (C=O) groups is 1. The summed E-state index contributed by atoms with van der Waals surface area (Å²) < 4.78 is 0. The van der Waals surface area contributed by atoms with Crippen molar-refractivity contribution >= 4 is 5.78 Å². The molecule has 2 aromatic rings. The summed E-state index contributed by atoms with van der Waals surface area (Å²) in [5.41, 5.74) is 2.36. The molecule has 2 fully saturated rings. The van der Waals surface area contributed by atoms with Crippen molar-refractivity contribution in [2.24, 2.45) is 0 Å². The number of hydrogen-bond acceptors (Lipinski definition) is 3. The summed E-state index contributed by atoms with van der Waals surface area (Å²) in [6, 6.07) is 21.2. The van der Waals surface area contributed by atoms with Crippen molar-refractivity contribution in [2.45, 2.75) is 37.9 Å². The zero-order valence-corrected chi connectivity index (χ0v) is 14.7. The second-order valence-electron chi connectivity index (χ2n) is 7.41. The largest absolute Gasteiger partial charge is 0.298 e. The lowest BCUT2D eigenvalue weighted by Gasteiger charge is -2.48. The Hall–Kier alpha value is -1.97. The lowest BCUT2D eigenvalue weighted by Crippen LogP contribution is -2.63. The molecule has 1 unspecified atom stereocenters. The zero-order chi connectivity index (χ0) is 17.1. The Balaban J connectivity index is 1.53. The molecule has 2 aromatic carbocycles. The Morgan fingerprint density at radius 1 is 0.840 bits per heavy atom. The van der Waals surface area contributed by atoms with Gasteiger partial charge in [0.15, 0.2) is 5.78 Å². The van der Waals surface area contributed by atoms with Crippen molar-refractivity contribution in [1.29, 1.82) is 0 Å². The molecule has 1 atom stereocenters. The van der Waals surface area contributed by atoms with E-state index in [-0.39, 0.29) is 5.54 Å². The predicted octanol–water partition coefficient (Wildman–Crippen LogP) is 3.50. The lowest BCUT2D eigenvalue weighted by molar-refractivity contribution is -0.133. The molecular formula is C22H26N2O. The minimum Gasteiger partial charge on any atom is -0.298 e. The van der Waals surface area contributed by atoms with Gasteiger partial charge in [-0.2, -0.15) is 0 Å². The first kappa shape index (κ1) is 16.5. The van der Waals surface area contributed by atoms with Crippen LogP contribution in [0.2, 0.25) is 0 Å². The van der Waals surface area contributed by atoms with Crippen LogP contribution in [0.1, 0.15) is 30.4 Å². The molecular weight excluding hydrogens is 308 g/mol. The Morgan fingerprint density at radius 3 is 2.08 bits per heavy atom. The molecule has 1 heterocycles. The first-order valence-electron chi connectivity index (χ1n) is 9.35. The van der Waals surface area contributed by atoms with Gasteiger partial charge in [0.05, 0.1) is 5.54 Å². The van der Waals surface area contributed by atoms with E-state index in [1.165, 1.54) is 11.1 Å². The maximum Gasteiger partial charge on any atom is 0.154 e. The van der Waals surface area contributed by atoms with Gasteiger partial charge in [0.25, 0.3) is 0 Å². The SMILES string of the molecule is O=C1CCCC12CN(Cc1ccccc1)CCN2Cc1ccccc1. The summed E-state index contributed by atoms with van der Waals surface area (Å²) in [5, 5.41) is 0. The lowest BCUT2D eigenvalue weighted by atomic mass is 9.89. The molecule has 0 aromatic heterocycles. The van der Waals surface area contributed by atoms with E-state index >= 15 is 0 Å². The first-order chi connectivity index (χ1) is 12.3. The fraction of sp³-hybridized carbons (Fsp3) is 0.409. The Morgan fingerprint density at radius 2 is 1.48 bits per heavy atom. The molecule has 3 heteroatoms. The van der Waals surface area contributed by atoms with E-state index in [2.05, 4.69) is 70.5 Å². The van der Waals surface area contributed by atoms with Crippen molar-refractivity contribution in [1.82, 2.24) is 9.80 Å². The summed E-state index contributed by atoms with van der Waals surface area (Å²) >= 11 is 0. The van der Waals surface area contributed by atoms with E-state index < -0.39 is 0 Å². The third-order valence-corrected chi connectivity index (χ3v) is 5.76.